The molecule has 0 fully saturated rings. The number of methoxy groups -OCH3 is 1. The Morgan fingerprint density at radius 2 is 1.65 bits per heavy atom. The van der Waals surface area contributed by atoms with Crippen LogP contribution in [0.3, 0.4) is 0 Å². The number of rotatable bonds is 7. The molecule has 0 bridgehead atoms. The third-order valence-electron chi connectivity index (χ3n) is 3.70. The molecule has 7 nitrogen and oxygen atoms in total. The summed E-state index contributed by atoms with van der Waals surface area (Å²) in [6.07, 6.45) is -0.979. The van der Waals surface area contributed by atoms with E-state index >= 15 is 0 Å². The Hall–Kier alpha value is -3.35. The first-order chi connectivity index (χ1) is 12.4. The average Bonchev–Trinajstić information content (AvgIpc) is 2.66. The highest BCUT2D eigenvalue weighted by atomic mass is 16.5. The van der Waals surface area contributed by atoms with E-state index in [1.54, 1.807) is 13.2 Å². The van der Waals surface area contributed by atoms with E-state index in [0.29, 0.717) is 5.75 Å². The van der Waals surface area contributed by atoms with Crippen molar-refractivity contribution in [2.45, 2.75) is 19.6 Å². The van der Waals surface area contributed by atoms with E-state index in [1.165, 1.54) is 31.2 Å². The Bertz CT molecular complexity index is 802. The first kappa shape index (κ1) is 19.0. The normalized spacial score (nSPS) is 11.3. The summed E-state index contributed by atoms with van der Waals surface area (Å²) >= 11 is 0. The van der Waals surface area contributed by atoms with Gasteiger partial charge in [-0.1, -0.05) is 18.2 Å². The van der Waals surface area contributed by atoms with Crippen molar-refractivity contribution in [2.24, 2.45) is 5.73 Å². The van der Waals surface area contributed by atoms with Gasteiger partial charge in [0.15, 0.2) is 6.10 Å². The number of para-hydroxylation sites is 1. The van der Waals surface area contributed by atoms with Gasteiger partial charge in [-0.05, 0) is 37.3 Å². The molecule has 0 saturated carbocycles. The second-order valence-corrected chi connectivity index (χ2v) is 5.52. The largest absolute Gasteiger partial charge is 0.496 e. The topological polar surface area (TPSA) is 108 Å². The van der Waals surface area contributed by atoms with E-state index in [2.05, 4.69) is 5.32 Å². The lowest BCUT2D eigenvalue weighted by molar-refractivity contribution is -0.129. The van der Waals surface area contributed by atoms with E-state index in [1.807, 2.05) is 18.2 Å². The molecule has 3 N–H and O–H groups in total. The van der Waals surface area contributed by atoms with Gasteiger partial charge in [0.2, 0.25) is 5.91 Å². The third kappa shape index (κ3) is 4.83. The Morgan fingerprint density at radius 3 is 2.27 bits per heavy atom. The van der Waals surface area contributed by atoms with Gasteiger partial charge >= 0.3 is 5.97 Å². The summed E-state index contributed by atoms with van der Waals surface area (Å²) in [5.41, 5.74) is 6.46. The van der Waals surface area contributed by atoms with Gasteiger partial charge in [-0.25, -0.2) is 4.79 Å². The first-order valence-corrected chi connectivity index (χ1v) is 7.93. The minimum Gasteiger partial charge on any atom is -0.496 e. The number of esters is 1. The third-order valence-corrected chi connectivity index (χ3v) is 3.70. The van der Waals surface area contributed by atoms with Gasteiger partial charge in [0.05, 0.1) is 12.7 Å². The lowest BCUT2D eigenvalue weighted by Crippen LogP contribution is -2.35. The fourth-order valence-electron chi connectivity index (χ4n) is 2.23. The SMILES string of the molecule is COc1ccccc1CNC(=O)C(C)OC(=O)c1ccc(C(N)=O)cc1. The van der Waals surface area contributed by atoms with Crippen LogP contribution in [0.25, 0.3) is 0 Å². The quantitative estimate of drug-likeness (QED) is 0.734. The zero-order valence-electron chi connectivity index (χ0n) is 14.5. The fraction of sp³-hybridized carbons (Fsp3) is 0.211. The fourth-order valence-corrected chi connectivity index (χ4v) is 2.23. The molecule has 1 atom stereocenters. The molecule has 0 saturated heterocycles. The minimum absolute atomic E-state index is 0.222. The highest BCUT2D eigenvalue weighted by molar-refractivity contribution is 5.96. The molecule has 2 aromatic rings. The predicted octanol–water partition coefficient (Wildman–Crippen LogP) is 1.66. The summed E-state index contributed by atoms with van der Waals surface area (Å²) in [4.78, 5) is 35.2. The number of carbonyl (C=O) groups is 3. The second-order valence-electron chi connectivity index (χ2n) is 5.52. The summed E-state index contributed by atoms with van der Waals surface area (Å²) in [7, 11) is 1.55. The van der Waals surface area contributed by atoms with Crippen molar-refractivity contribution < 1.29 is 23.9 Å². The summed E-state index contributed by atoms with van der Waals surface area (Å²) in [5, 5.41) is 2.70. The maximum absolute atomic E-state index is 12.1. The smallest absolute Gasteiger partial charge is 0.338 e. The molecular formula is C19H20N2O5. The van der Waals surface area contributed by atoms with E-state index in [0.717, 1.165) is 5.56 Å². The van der Waals surface area contributed by atoms with Gasteiger partial charge in [-0.2, -0.15) is 0 Å². The number of ether oxygens (including phenoxy) is 2. The van der Waals surface area contributed by atoms with Crippen LogP contribution in [0.5, 0.6) is 5.75 Å². The number of nitrogens with one attached hydrogen (secondary N) is 1. The Kier molecular flexibility index (Phi) is 6.32. The van der Waals surface area contributed by atoms with Crippen LogP contribution < -0.4 is 15.8 Å². The lowest BCUT2D eigenvalue weighted by atomic mass is 10.1. The van der Waals surface area contributed by atoms with Crippen LogP contribution in [-0.4, -0.2) is 31.0 Å². The molecule has 7 heteroatoms. The molecule has 2 amide bonds. The van der Waals surface area contributed by atoms with Crippen LogP contribution in [0.1, 0.15) is 33.2 Å². The van der Waals surface area contributed by atoms with Gasteiger partial charge < -0.3 is 20.5 Å². The van der Waals surface area contributed by atoms with E-state index in [4.69, 9.17) is 15.2 Å². The molecule has 2 rings (SSSR count). The number of amides is 2. The Labute approximate surface area is 151 Å². The molecule has 26 heavy (non-hydrogen) atoms. The van der Waals surface area contributed by atoms with Crippen molar-refractivity contribution in [2.75, 3.05) is 7.11 Å². The number of hydrogen-bond donors (Lipinski definition) is 2. The number of carbonyl (C=O) groups excluding carboxylic acids is 3. The van der Waals surface area contributed by atoms with Crippen LogP contribution in [0.2, 0.25) is 0 Å². The lowest BCUT2D eigenvalue weighted by Gasteiger charge is -2.14. The Balaban J connectivity index is 1.91. The van der Waals surface area contributed by atoms with Gasteiger partial charge in [-0.3, -0.25) is 9.59 Å². The van der Waals surface area contributed by atoms with Crippen LogP contribution in [0, 0.1) is 0 Å². The number of benzene rings is 2. The molecule has 0 radical (unpaired) electrons. The molecule has 0 aliphatic carbocycles. The van der Waals surface area contributed by atoms with Gasteiger partial charge in [0.25, 0.3) is 5.91 Å². The molecular weight excluding hydrogens is 336 g/mol. The standard InChI is InChI=1S/C19H20N2O5/c1-12(18(23)21-11-15-5-3-4-6-16(15)25-2)26-19(24)14-9-7-13(8-10-14)17(20)22/h3-10,12H,11H2,1-2H3,(H2,20,22)(H,21,23). The zero-order valence-corrected chi connectivity index (χ0v) is 14.5. The van der Waals surface area contributed by atoms with Crippen molar-refractivity contribution in [1.82, 2.24) is 5.32 Å². The molecule has 0 spiro atoms. The molecule has 0 heterocycles. The number of nitrogens with two attached hydrogens (primary N) is 1. The van der Waals surface area contributed by atoms with Crippen LogP contribution in [0.4, 0.5) is 0 Å². The van der Waals surface area contributed by atoms with E-state index < -0.39 is 23.9 Å². The number of primary amides is 1. The van der Waals surface area contributed by atoms with Crippen molar-refractivity contribution in [1.29, 1.82) is 0 Å². The average molecular weight is 356 g/mol. The summed E-state index contributed by atoms with van der Waals surface area (Å²) < 4.78 is 10.4. The van der Waals surface area contributed by atoms with Crippen LogP contribution in [-0.2, 0) is 16.1 Å². The monoisotopic (exact) mass is 356 g/mol. The Morgan fingerprint density at radius 1 is 1.04 bits per heavy atom. The summed E-state index contributed by atoms with van der Waals surface area (Å²) in [6, 6.07) is 13.0. The van der Waals surface area contributed by atoms with Gasteiger partial charge in [0.1, 0.15) is 5.75 Å². The van der Waals surface area contributed by atoms with Crippen molar-refractivity contribution in [3.63, 3.8) is 0 Å². The predicted molar refractivity (Wildman–Crippen MR) is 94.7 cm³/mol. The summed E-state index contributed by atoms with van der Waals surface area (Å²) in [5.74, 6) is -1.03. The zero-order chi connectivity index (χ0) is 19.1. The van der Waals surface area contributed by atoms with E-state index in [-0.39, 0.29) is 17.7 Å². The molecule has 1 unspecified atom stereocenters. The second kappa shape index (κ2) is 8.66. The van der Waals surface area contributed by atoms with Crippen molar-refractivity contribution in [3.8, 4) is 5.75 Å². The van der Waals surface area contributed by atoms with E-state index in [9.17, 15) is 14.4 Å². The maximum Gasteiger partial charge on any atom is 0.338 e. The van der Waals surface area contributed by atoms with Crippen LogP contribution in [0.15, 0.2) is 48.5 Å². The van der Waals surface area contributed by atoms with Crippen molar-refractivity contribution in [3.05, 3.63) is 65.2 Å². The van der Waals surface area contributed by atoms with Gasteiger partial charge in [-0.15, -0.1) is 0 Å². The van der Waals surface area contributed by atoms with Crippen LogP contribution >= 0.6 is 0 Å². The highest BCUT2D eigenvalue weighted by Gasteiger charge is 2.19. The molecule has 0 aromatic heterocycles. The molecule has 0 aliphatic heterocycles. The molecule has 136 valence electrons. The number of hydrogen-bond acceptors (Lipinski definition) is 5. The summed E-state index contributed by atoms with van der Waals surface area (Å²) in [6.45, 7) is 1.73. The minimum atomic E-state index is -0.979. The highest BCUT2D eigenvalue weighted by Crippen LogP contribution is 2.16. The first-order valence-electron chi connectivity index (χ1n) is 7.93. The molecule has 2 aromatic carbocycles. The van der Waals surface area contributed by atoms with Gasteiger partial charge in [0, 0.05) is 17.7 Å². The molecule has 0 aliphatic rings. The van der Waals surface area contributed by atoms with Crippen molar-refractivity contribution >= 4 is 17.8 Å². The maximum atomic E-state index is 12.1.